The molecule has 6 nitrogen and oxygen atoms in total. The molecule has 1 aromatic heterocycles. The van der Waals surface area contributed by atoms with Crippen LogP contribution in [0.3, 0.4) is 0 Å². The standard InChI is InChI=1S/C20H30N2O4/c1-6-22(7-2)12-15(23)13-26-16-9-10-18-17(11-16)19(14(4)21(18)5)20(24)25-8-3/h9-11,15,23H,6-8,12-13H2,1-5H3/t15-/m0/s1. The molecule has 0 saturated carbocycles. The van der Waals surface area contributed by atoms with Crippen molar-refractivity contribution in [1.82, 2.24) is 9.47 Å². The van der Waals surface area contributed by atoms with E-state index < -0.39 is 6.10 Å². The van der Waals surface area contributed by atoms with Gasteiger partial charge < -0.3 is 24.0 Å². The van der Waals surface area contributed by atoms with Crippen LogP contribution in [0.1, 0.15) is 36.8 Å². The molecule has 1 atom stereocenters. The maximum Gasteiger partial charge on any atom is 0.340 e. The van der Waals surface area contributed by atoms with Crippen LogP contribution in [0.25, 0.3) is 10.9 Å². The van der Waals surface area contributed by atoms with Crippen LogP contribution < -0.4 is 4.74 Å². The van der Waals surface area contributed by atoms with Crippen LogP contribution in [0.15, 0.2) is 18.2 Å². The Bertz CT molecular complexity index is 750. The van der Waals surface area contributed by atoms with Crippen LogP contribution >= 0.6 is 0 Å². The third kappa shape index (κ3) is 4.37. The summed E-state index contributed by atoms with van der Waals surface area (Å²) in [4.78, 5) is 14.5. The minimum absolute atomic E-state index is 0.211. The number of likely N-dealkylation sites (N-methyl/N-ethyl adjacent to an activating group) is 1. The van der Waals surface area contributed by atoms with Crippen LogP contribution in [-0.4, -0.2) is 59.5 Å². The van der Waals surface area contributed by atoms with Gasteiger partial charge in [0.1, 0.15) is 18.5 Å². The van der Waals surface area contributed by atoms with Crippen molar-refractivity contribution >= 4 is 16.9 Å². The zero-order valence-electron chi connectivity index (χ0n) is 16.4. The fourth-order valence-corrected chi connectivity index (χ4v) is 3.13. The molecule has 0 radical (unpaired) electrons. The van der Waals surface area contributed by atoms with Gasteiger partial charge in [-0.05, 0) is 45.1 Å². The lowest BCUT2D eigenvalue weighted by molar-refractivity contribution is 0.0527. The first-order valence-corrected chi connectivity index (χ1v) is 9.22. The maximum absolute atomic E-state index is 12.3. The average Bonchev–Trinajstić information content (AvgIpc) is 2.88. The molecule has 2 aromatic rings. The van der Waals surface area contributed by atoms with Gasteiger partial charge in [0.2, 0.25) is 0 Å². The van der Waals surface area contributed by atoms with E-state index >= 15 is 0 Å². The summed E-state index contributed by atoms with van der Waals surface area (Å²) in [6.45, 7) is 10.8. The highest BCUT2D eigenvalue weighted by Gasteiger charge is 2.20. The van der Waals surface area contributed by atoms with Gasteiger partial charge in [0.05, 0.1) is 12.2 Å². The zero-order valence-corrected chi connectivity index (χ0v) is 16.4. The second-order valence-electron chi connectivity index (χ2n) is 6.37. The SMILES string of the molecule is CCOC(=O)c1c(C)n(C)c2ccc(OC[C@@H](O)CN(CC)CC)cc12. The highest BCUT2D eigenvalue weighted by Crippen LogP contribution is 2.29. The first-order valence-electron chi connectivity index (χ1n) is 9.22. The minimum atomic E-state index is -0.562. The van der Waals surface area contributed by atoms with E-state index in [4.69, 9.17) is 9.47 Å². The molecule has 1 heterocycles. The van der Waals surface area contributed by atoms with Gasteiger partial charge in [0.25, 0.3) is 0 Å². The number of rotatable bonds is 9. The third-order valence-corrected chi connectivity index (χ3v) is 4.75. The molecular formula is C20H30N2O4. The maximum atomic E-state index is 12.3. The fourth-order valence-electron chi connectivity index (χ4n) is 3.13. The van der Waals surface area contributed by atoms with E-state index in [1.807, 2.05) is 36.7 Å². The first-order chi connectivity index (χ1) is 12.4. The summed E-state index contributed by atoms with van der Waals surface area (Å²) >= 11 is 0. The number of hydrogen-bond donors (Lipinski definition) is 1. The molecule has 0 amide bonds. The predicted octanol–water partition coefficient (Wildman–Crippen LogP) is 2.74. The van der Waals surface area contributed by atoms with Gasteiger partial charge in [-0.3, -0.25) is 0 Å². The largest absolute Gasteiger partial charge is 0.491 e. The number of carbonyl (C=O) groups excluding carboxylic acids is 1. The Kier molecular flexibility index (Phi) is 7.06. The van der Waals surface area contributed by atoms with Gasteiger partial charge in [-0.25, -0.2) is 4.79 Å². The monoisotopic (exact) mass is 362 g/mol. The quantitative estimate of drug-likeness (QED) is 0.695. The van der Waals surface area contributed by atoms with E-state index in [1.54, 1.807) is 6.92 Å². The number of hydrogen-bond acceptors (Lipinski definition) is 5. The summed E-state index contributed by atoms with van der Waals surface area (Å²) in [7, 11) is 1.93. The molecular weight excluding hydrogens is 332 g/mol. The van der Waals surface area contributed by atoms with Gasteiger partial charge in [-0.1, -0.05) is 13.8 Å². The normalized spacial score (nSPS) is 12.6. The molecule has 0 saturated heterocycles. The van der Waals surface area contributed by atoms with E-state index in [0.717, 1.165) is 29.7 Å². The van der Waals surface area contributed by atoms with E-state index in [-0.39, 0.29) is 12.6 Å². The van der Waals surface area contributed by atoms with Crippen LogP contribution in [-0.2, 0) is 11.8 Å². The molecule has 0 spiro atoms. The van der Waals surface area contributed by atoms with E-state index in [1.165, 1.54) is 0 Å². The smallest absolute Gasteiger partial charge is 0.340 e. The van der Waals surface area contributed by atoms with Crippen LogP contribution in [0.5, 0.6) is 5.75 Å². The topological polar surface area (TPSA) is 63.9 Å². The number of aliphatic hydroxyl groups excluding tert-OH is 1. The molecule has 0 aliphatic heterocycles. The molecule has 0 aliphatic rings. The summed E-state index contributed by atoms with van der Waals surface area (Å²) in [5, 5.41) is 11.0. The molecule has 2 rings (SSSR count). The molecule has 1 aromatic carbocycles. The zero-order chi connectivity index (χ0) is 19.3. The van der Waals surface area contributed by atoms with Crippen LogP contribution in [0.2, 0.25) is 0 Å². The number of ether oxygens (including phenoxy) is 2. The molecule has 0 fully saturated rings. The van der Waals surface area contributed by atoms with Crippen molar-refractivity contribution in [3.05, 3.63) is 29.5 Å². The third-order valence-electron chi connectivity index (χ3n) is 4.75. The molecule has 1 N–H and O–H groups in total. The van der Waals surface area contributed by atoms with Crippen molar-refractivity contribution in [1.29, 1.82) is 0 Å². The van der Waals surface area contributed by atoms with Crippen molar-refractivity contribution in [2.45, 2.75) is 33.8 Å². The summed E-state index contributed by atoms with van der Waals surface area (Å²) in [5.74, 6) is 0.307. The molecule has 0 bridgehead atoms. The molecule has 26 heavy (non-hydrogen) atoms. The molecule has 0 aliphatic carbocycles. The van der Waals surface area contributed by atoms with Crippen molar-refractivity contribution in [2.24, 2.45) is 7.05 Å². The summed E-state index contributed by atoms with van der Waals surface area (Å²) in [6.07, 6.45) is -0.562. The predicted molar refractivity (Wildman–Crippen MR) is 103 cm³/mol. The number of fused-ring (bicyclic) bond motifs is 1. The fraction of sp³-hybridized carbons (Fsp3) is 0.550. The van der Waals surface area contributed by atoms with Crippen LogP contribution in [0.4, 0.5) is 0 Å². The number of carbonyl (C=O) groups is 1. The van der Waals surface area contributed by atoms with E-state index in [0.29, 0.717) is 24.5 Å². The number of esters is 1. The number of benzene rings is 1. The second kappa shape index (κ2) is 9.05. The lowest BCUT2D eigenvalue weighted by Gasteiger charge is -2.21. The summed E-state index contributed by atoms with van der Waals surface area (Å²) < 4.78 is 12.9. The number of aromatic nitrogens is 1. The molecule has 0 unspecified atom stereocenters. The minimum Gasteiger partial charge on any atom is -0.491 e. The Morgan fingerprint density at radius 1 is 1.27 bits per heavy atom. The Hall–Kier alpha value is -2.05. The second-order valence-corrected chi connectivity index (χ2v) is 6.37. The van der Waals surface area contributed by atoms with Gasteiger partial charge in [0.15, 0.2) is 0 Å². The Morgan fingerprint density at radius 2 is 1.96 bits per heavy atom. The van der Waals surface area contributed by atoms with Crippen molar-refractivity contribution < 1.29 is 19.4 Å². The molecule has 6 heteroatoms. The van der Waals surface area contributed by atoms with Gasteiger partial charge in [0, 0.05) is 30.2 Å². The summed E-state index contributed by atoms with van der Waals surface area (Å²) in [5.41, 5.74) is 2.37. The number of aliphatic hydroxyl groups is 1. The number of aryl methyl sites for hydroxylation is 1. The van der Waals surface area contributed by atoms with Crippen molar-refractivity contribution in [3.8, 4) is 5.75 Å². The average molecular weight is 362 g/mol. The van der Waals surface area contributed by atoms with Crippen LogP contribution in [0, 0.1) is 6.92 Å². The van der Waals surface area contributed by atoms with E-state index in [9.17, 15) is 9.90 Å². The summed E-state index contributed by atoms with van der Waals surface area (Å²) in [6, 6.07) is 5.64. The molecule has 144 valence electrons. The van der Waals surface area contributed by atoms with Gasteiger partial charge in [-0.2, -0.15) is 0 Å². The van der Waals surface area contributed by atoms with Crippen molar-refractivity contribution in [3.63, 3.8) is 0 Å². The Morgan fingerprint density at radius 3 is 2.58 bits per heavy atom. The van der Waals surface area contributed by atoms with Gasteiger partial charge in [-0.15, -0.1) is 0 Å². The highest BCUT2D eigenvalue weighted by atomic mass is 16.5. The number of nitrogens with zero attached hydrogens (tertiary/aromatic N) is 2. The lowest BCUT2D eigenvalue weighted by Crippen LogP contribution is -2.35. The highest BCUT2D eigenvalue weighted by molar-refractivity contribution is 6.06. The van der Waals surface area contributed by atoms with E-state index in [2.05, 4.69) is 18.7 Å². The lowest BCUT2D eigenvalue weighted by atomic mass is 10.1. The first kappa shape index (κ1) is 20.3. The van der Waals surface area contributed by atoms with Gasteiger partial charge >= 0.3 is 5.97 Å². The Labute approximate surface area is 155 Å². The Balaban J connectivity index is 2.20. The van der Waals surface area contributed by atoms with Crippen molar-refractivity contribution in [2.75, 3.05) is 32.8 Å².